The van der Waals surface area contributed by atoms with Crippen molar-refractivity contribution in [3.05, 3.63) is 54.1 Å². The largest absolute Gasteiger partial charge is 0.497 e. The Morgan fingerprint density at radius 2 is 1.62 bits per heavy atom. The first-order valence-electron chi connectivity index (χ1n) is 9.28. The van der Waals surface area contributed by atoms with E-state index in [1.54, 1.807) is 36.4 Å². The fourth-order valence-corrected chi connectivity index (χ4v) is 4.73. The molecule has 29 heavy (non-hydrogen) atoms. The molecule has 2 aromatic carbocycles. The van der Waals surface area contributed by atoms with Crippen LogP contribution < -0.4 is 9.47 Å². The van der Waals surface area contributed by atoms with E-state index in [9.17, 15) is 18.0 Å². The van der Waals surface area contributed by atoms with E-state index in [-0.39, 0.29) is 17.2 Å². The molecule has 8 heteroatoms. The summed E-state index contributed by atoms with van der Waals surface area (Å²) < 4.78 is 37.6. The quantitative estimate of drug-likeness (QED) is 0.408. The first-order valence-corrected chi connectivity index (χ1v) is 10.7. The Hall–Kier alpha value is -2.71. The summed E-state index contributed by atoms with van der Waals surface area (Å²) in [5, 5.41) is 0. The number of ketones is 1. The average Bonchev–Trinajstić information content (AvgIpc) is 2.74. The maximum Gasteiger partial charge on any atom is 0.315 e. The molecule has 2 aromatic rings. The van der Waals surface area contributed by atoms with Crippen LogP contribution >= 0.6 is 0 Å². The van der Waals surface area contributed by atoms with Gasteiger partial charge in [0.2, 0.25) is 10.0 Å². The highest BCUT2D eigenvalue weighted by molar-refractivity contribution is 7.89. The molecule has 0 spiro atoms. The molecular weight excluding hydrogens is 394 g/mol. The lowest BCUT2D eigenvalue weighted by Gasteiger charge is -2.30. The van der Waals surface area contributed by atoms with E-state index in [1.807, 2.05) is 0 Å². The van der Waals surface area contributed by atoms with Crippen LogP contribution in [-0.4, -0.2) is 44.7 Å². The van der Waals surface area contributed by atoms with Crippen LogP contribution in [0.3, 0.4) is 0 Å². The minimum atomic E-state index is -3.71. The molecule has 1 atom stereocenters. The number of carbonyl (C=O) groups excluding carboxylic acids is 2. The number of Topliss-reactive ketones (excluding diaryl/α,β-unsaturated/α-hetero) is 1. The Labute approximate surface area is 170 Å². The molecule has 0 radical (unpaired) electrons. The van der Waals surface area contributed by atoms with Gasteiger partial charge in [-0.1, -0.05) is 0 Å². The van der Waals surface area contributed by atoms with Crippen LogP contribution in [0.1, 0.15) is 30.1 Å². The molecule has 0 N–H and O–H groups in total. The van der Waals surface area contributed by atoms with Crippen molar-refractivity contribution in [2.24, 2.45) is 5.92 Å². The zero-order chi connectivity index (χ0) is 21.0. The lowest BCUT2D eigenvalue weighted by molar-refractivity contribution is -0.140. The van der Waals surface area contributed by atoms with Gasteiger partial charge in [-0.25, -0.2) is 8.42 Å². The van der Waals surface area contributed by atoms with Crippen LogP contribution in [0.5, 0.6) is 11.5 Å². The maximum atomic E-state index is 12.9. The summed E-state index contributed by atoms with van der Waals surface area (Å²) in [6.45, 7) is 1.88. The first kappa shape index (κ1) is 21.0. The predicted octanol–water partition coefficient (Wildman–Crippen LogP) is 2.90. The number of sulfonamides is 1. The number of ether oxygens (including phenoxy) is 2. The van der Waals surface area contributed by atoms with Gasteiger partial charge >= 0.3 is 5.97 Å². The first-order chi connectivity index (χ1) is 13.8. The third kappa shape index (κ3) is 4.83. The SMILES string of the molecule is COc1ccc(S(=O)(=O)N2CCC[C@H](C(=O)Oc3ccc(C(C)=O)cc3)C2)cc1. The van der Waals surface area contributed by atoms with E-state index in [0.717, 1.165) is 0 Å². The molecule has 154 valence electrons. The zero-order valence-corrected chi connectivity index (χ0v) is 17.1. The lowest BCUT2D eigenvalue weighted by atomic mass is 10.00. The summed E-state index contributed by atoms with van der Waals surface area (Å²) in [4.78, 5) is 24.0. The Kier molecular flexibility index (Phi) is 6.34. The Bertz CT molecular complexity index is 983. The minimum absolute atomic E-state index is 0.0682. The molecule has 0 aromatic heterocycles. The summed E-state index contributed by atoms with van der Waals surface area (Å²) in [5.74, 6) is -0.205. The molecule has 0 aliphatic carbocycles. The van der Waals surface area contributed by atoms with E-state index < -0.39 is 21.9 Å². The summed E-state index contributed by atoms with van der Waals surface area (Å²) in [7, 11) is -2.20. The molecule has 0 unspecified atom stereocenters. The van der Waals surface area contributed by atoms with Gasteiger partial charge in [0.25, 0.3) is 0 Å². The maximum absolute atomic E-state index is 12.9. The van der Waals surface area contributed by atoms with Crippen LogP contribution in [0.2, 0.25) is 0 Å². The molecule has 3 rings (SSSR count). The second-order valence-corrected chi connectivity index (χ2v) is 8.82. The number of nitrogens with zero attached hydrogens (tertiary/aromatic N) is 1. The van der Waals surface area contributed by atoms with Gasteiger partial charge in [0, 0.05) is 18.7 Å². The van der Waals surface area contributed by atoms with Crippen molar-refractivity contribution in [3.63, 3.8) is 0 Å². The van der Waals surface area contributed by atoms with Crippen LogP contribution in [0.25, 0.3) is 0 Å². The Morgan fingerprint density at radius 3 is 2.21 bits per heavy atom. The van der Waals surface area contributed by atoms with E-state index in [1.165, 1.54) is 30.5 Å². The number of carbonyl (C=O) groups is 2. The highest BCUT2D eigenvalue weighted by atomic mass is 32.2. The molecule has 1 saturated heterocycles. The summed E-state index contributed by atoms with van der Waals surface area (Å²) >= 11 is 0. The van der Waals surface area contributed by atoms with Crippen molar-refractivity contribution in [1.82, 2.24) is 4.31 Å². The number of piperidine rings is 1. The monoisotopic (exact) mass is 417 g/mol. The number of hydrogen-bond donors (Lipinski definition) is 0. The van der Waals surface area contributed by atoms with Gasteiger partial charge in [0.1, 0.15) is 11.5 Å². The zero-order valence-electron chi connectivity index (χ0n) is 16.3. The van der Waals surface area contributed by atoms with Crippen LogP contribution in [0.4, 0.5) is 0 Å². The predicted molar refractivity (Wildman–Crippen MR) is 107 cm³/mol. The number of benzene rings is 2. The summed E-state index contributed by atoms with van der Waals surface area (Å²) in [6, 6.07) is 12.5. The van der Waals surface area contributed by atoms with E-state index in [0.29, 0.717) is 36.4 Å². The van der Waals surface area contributed by atoms with Crippen LogP contribution in [-0.2, 0) is 14.8 Å². The lowest BCUT2D eigenvalue weighted by Crippen LogP contribution is -2.43. The van der Waals surface area contributed by atoms with Gasteiger partial charge in [-0.05, 0) is 68.3 Å². The third-order valence-corrected chi connectivity index (χ3v) is 6.77. The van der Waals surface area contributed by atoms with Crippen molar-refractivity contribution >= 4 is 21.8 Å². The topological polar surface area (TPSA) is 90.0 Å². The fraction of sp³-hybridized carbons (Fsp3) is 0.333. The molecule has 0 amide bonds. The van der Waals surface area contributed by atoms with E-state index in [4.69, 9.17) is 9.47 Å². The molecule has 0 bridgehead atoms. The third-order valence-electron chi connectivity index (χ3n) is 4.89. The molecule has 1 aliphatic rings. The van der Waals surface area contributed by atoms with Crippen molar-refractivity contribution < 1.29 is 27.5 Å². The van der Waals surface area contributed by atoms with Crippen molar-refractivity contribution in [2.45, 2.75) is 24.7 Å². The van der Waals surface area contributed by atoms with Crippen LogP contribution in [0.15, 0.2) is 53.4 Å². The van der Waals surface area contributed by atoms with Gasteiger partial charge in [0.15, 0.2) is 5.78 Å². The van der Waals surface area contributed by atoms with Gasteiger partial charge in [-0.3, -0.25) is 9.59 Å². The van der Waals surface area contributed by atoms with Crippen molar-refractivity contribution in [2.75, 3.05) is 20.2 Å². The highest BCUT2D eigenvalue weighted by Crippen LogP contribution is 2.26. The smallest absolute Gasteiger partial charge is 0.315 e. The van der Waals surface area contributed by atoms with E-state index >= 15 is 0 Å². The highest BCUT2D eigenvalue weighted by Gasteiger charge is 2.34. The van der Waals surface area contributed by atoms with E-state index in [2.05, 4.69) is 0 Å². The Balaban J connectivity index is 1.68. The molecule has 1 fully saturated rings. The molecule has 1 heterocycles. The van der Waals surface area contributed by atoms with Gasteiger partial charge in [-0.15, -0.1) is 0 Å². The number of methoxy groups -OCH3 is 1. The minimum Gasteiger partial charge on any atom is -0.497 e. The summed E-state index contributed by atoms with van der Waals surface area (Å²) in [6.07, 6.45) is 1.12. The summed E-state index contributed by atoms with van der Waals surface area (Å²) in [5.41, 5.74) is 0.527. The normalized spacial score (nSPS) is 17.5. The molecule has 1 aliphatic heterocycles. The number of rotatable bonds is 6. The number of esters is 1. The molecular formula is C21H23NO6S. The van der Waals surface area contributed by atoms with Crippen molar-refractivity contribution in [1.29, 1.82) is 0 Å². The number of hydrogen-bond acceptors (Lipinski definition) is 6. The molecule has 7 nitrogen and oxygen atoms in total. The van der Waals surface area contributed by atoms with Gasteiger partial charge in [0.05, 0.1) is 17.9 Å². The Morgan fingerprint density at radius 1 is 1.00 bits per heavy atom. The van der Waals surface area contributed by atoms with Crippen molar-refractivity contribution in [3.8, 4) is 11.5 Å². The van der Waals surface area contributed by atoms with Gasteiger partial charge in [-0.2, -0.15) is 4.31 Å². The van der Waals surface area contributed by atoms with Crippen LogP contribution in [0, 0.1) is 5.92 Å². The average molecular weight is 417 g/mol. The standard InChI is InChI=1S/C21H23NO6S/c1-15(23)16-5-7-19(8-6-16)28-21(24)17-4-3-13-22(14-17)29(25,26)20-11-9-18(27-2)10-12-20/h5-12,17H,3-4,13-14H2,1-2H3/t17-/m0/s1. The second kappa shape index (κ2) is 8.75. The molecule has 0 saturated carbocycles. The second-order valence-electron chi connectivity index (χ2n) is 6.88. The van der Waals surface area contributed by atoms with Gasteiger partial charge < -0.3 is 9.47 Å². The fourth-order valence-electron chi connectivity index (χ4n) is 3.21.